The van der Waals surface area contributed by atoms with Gasteiger partial charge in [-0.3, -0.25) is 0 Å². The van der Waals surface area contributed by atoms with Gasteiger partial charge >= 0.3 is 0 Å². The molecule has 67 heavy (non-hydrogen) atoms. The number of para-hydroxylation sites is 3. The Balaban J connectivity index is 0.934. The summed E-state index contributed by atoms with van der Waals surface area (Å²) in [6.07, 6.45) is 7.34. The second-order valence-corrected chi connectivity index (χ2v) is 18.2. The van der Waals surface area contributed by atoms with E-state index in [-0.39, 0.29) is 11.8 Å². The highest BCUT2D eigenvalue weighted by molar-refractivity contribution is 6.09. The van der Waals surface area contributed by atoms with Gasteiger partial charge in [-0.15, -0.1) is 0 Å². The molecule has 0 aliphatic heterocycles. The molecule has 0 N–H and O–H groups in total. The van der Waals surface area contributed by atoms with E-state index in [9.17, 15) is 0 Å². The molecule has 0 amide bonds. The topological polar surface area (TPSA) is 26.3 Å². The molecule has 322 valence electrons. The van der Waals surface area contributed by atoms with Crippen LogP contribution >= 0.6 is 0 Å². The highest BCUT2D eigenvalue weighted by Gasteiger charge is 2.38. The maximum absolute atomic E-state index is 6.54. The zero-order chi connectivity index (χ0) is 44.7. The minimum Gasteiger partial charge on any atom is -0.460 e. The van der Waals surface area contributed by atoms with Crippen LogP contribution in [0.5, 0.6) is 0 Å². The van der Waals surface area contributed by atoms with Crippen molar-refractivity contribution in [3.63, 3.8) is 0 Å². The fraction of sp³-hybridized carbons (Fsp3) is 0.108. The molecule has 0 saturated heterocycles. The van der Waals surface area contributed by atoms with E-state index in [1.807, 2.05) is 6.07 Å². The Morgan fingerprint density at radius 2 is 0.955 bits per heavy atom. The summed E-state index contributed by atoms with van der Waals surface area (Å²) in [6, 6.07) is 82.3. The van der Waals surface area contributed by atoms with Gasteiger partial charge in [-0.05, 0) is 80.8 Å². The molecule has 0 radical (unpaired) electrons. The van der Waals surface area contributed by atoms with Gasteiger partial charge in [0.25, 0.3) is 0 Å². The van der Waals surface area contributed by atoms with Crippen LogP contribution in [0, 0.1) is 0 Å². The molecule has 2 unspecified atom stereocenters. The van der Waals surface area contributed by atoms with E-state index in [2.05, 4.69) is 237 Å². The molecule has 2 nitrogen and oxygen atoms in total. The molecule has 0 fully saturated rings. The van der Waals surface area contributed by atoms with Crippen LogP contribution in [0.3, 0.4) is 0 Å². The highest BCUT2D eigenvalue weighted by Crippen LogP contribution is 2.47. The predicted molar refractivity (Wildman–Crippen MR) is 278 cm³/mol. The molecule has 2 atom stereocenters. The Hall–Kier alpha value is -7.94. The van der Waals surface area contributed by atoms with Crippen molar-refractivity contribution < 1.29 is 8.83 Å². The van der Waals surface area contributed by atoms with Crippen molar-refractivity contribution in [3.05, 3.63) is 281 Å². The number of furan rings is 2. The van der Waals surface area contributed by atoms with Crippen LogP contribution in [0.25, 0.3) is 61.2 Å². The third-order valence-corrected chi connectivity index (χ3v) is 14.5. The van der Waals surface area contributed by atoms with E-state index in [0.29, 0.717) is 0 Å². The van der Waals surface area contributed by atoms with E-state index < -0.39 is 5.41 Å². The van der Waals surface area contributed by atoms with Gasteiger partial charge in [0.15, 0.2) is 0 Å². The molecule has 12 rings (SSSR count). The summed E-state index contributed by atoms with van der Waals surface area (Å²) >= 11 is 0. The Morgan fingerprint density at radius 1 is 0.448 bits per heavy atom. The minimum atomic E-state index is -0.510. The molecular weight excluding hydrogens is 813 g/mol. The van der Waals surface area contributed by atoms with Crippen LogP contribution in [0.15, 0.2) is 239 Å². The largest absolute Gasteiger partial charge is 0.460 e. The second-order valence-electron chi connectivity index (χ2n) is 18.2. The van der Waals surface area contributed by atoms with Crippen LogP contribution in [0.1, 0.15) is 75.4 Å². The number of benzene rings is 9. The van der Waals surface area contributed by atoms with Gasteiger partial charge in [-0.2, -0.15) is 0 Å². The maximum Gasteiger partial charge on any atom is 0.143 e. The molecule has 2 heteroatoms. The van der Waals surface area contributed by atoms with Crippen molar-refractivity contribution in [2.45, 2.75) is 43.4 Å². The molecule has 1 aliphatic carbocycles. The Bertz CT molecular complexity index is 3420. The van der Waals surface area contributed by atoms with E-state index in [1.54, 1.807) is 0 Å². The van der Waals surface area contributed by atoms with Crippen LogP contribution in [-0.2, 0) is 18.3 Å². The lowest BCUT2D eigenvalue weighted by Crippen LogP contribution is -2.31. The molecule has 2 aromatic heterocycles. The summed E-state index contributed by atoms with van der Waals surface area (Å²) in [5, 5.41) is 3.49. The van der Waals surface area contributed by atoms with Crippen LogP contribution in [0.2, 0.25) is 0 Å². The molecule has 9 aromatic carbocycles. The molecule has 1 aliphatic rings. The summed E-state index contributed by atoms with van der Waals surface area (Å²) in [6.45, 7) is 2.40. The van der Waals surface area contributed by atoms with Crippen molar-refractivity contribution in [3.8, 4) is 22.3 Å². The summed E-state index contributed by atoms with van der Waals surface area (Å²) in [4.78, 5) is 0. The summed E-state index contributed by atoms with van der Waals surface area (Å²) < 4.78 is 13.0. The Kier molecular flexibility index (Phi) is 10.4. The van der Waals surface area contributed by atoms with Crippen LogP contribution in [0.4, 0.5) is 0 Å². The summed E-state index contributed by atoms with van der Waals surface area (Å²) in [5.41, 5.74) is 17.0. The lowest BCUT2D eigenvalue weighted by molar-refractivity contribution is 0.547. The first-order valence-electron chi connectivity index (χ1n) is 23.7. The smallest absolute Gasteiger partial charge is 0.143 e. The van der Waals surface area contributed by atoms with E-state index >= 15 is 0 Å². The van der Waals surface area contributed by atoms with Gasteiger partial charge in [0.1, 0.15) is 22.5 Å². The predicted octanol–water partition coefficient (Wildman–Crippen LogP) is 17.1. The fourth-order valence-electron chi connectivity index (χ4n) is 11.1. The lowest BCUT2D eigenvalue weighted by atomic mass is 9.65. The SMILES string of the molecule is CC(c1ccc(-c2cccc3c2oc2ccccc23)cc1)C(Cc1ccc(-c2cccc3c4c(oc23)CCC=C4)cc1)c1ccc(C(c2ccccc2)(c2ccccc2)c2ccccc2)cc1. The Morgan fingerprint density at radius 3 is 1.58 bits per heavy atom. The second kappa shape index (κ2) is 17.1. The fourth-order valence-corrected chi connectivity index (χ4v) is 11.1. The van der Waals surface area contributed by atoms with Crippen molar-refractivity contribution in [2.75, 3.05) is 0 Å². The van der Waals surface area contributed by atoms with Crippen molar-refractivity contribution in [1.82, 2.24) is 0 Å². The molecule has 11 aromatic rings. The average Bonchev–Trinajstić information content (AvgIpc) is 3.99. The zero-order valence-corrected chi connectivity index (χ0v) is 37.6. The number of allylic oxidation sites excluding steroid dienone is 1. The average molecular weight is 863 g/mol. The van der Waals surface area contributed by atoms with E-state index in [0.717, 1.165) is 69.2 Å². The van der Waals surface area contributed by atoms with E-state index in [1.165, 1.54) is 55.5 Å². The van der Waals surface area contributed by atoms with Crippen molar-refractivity contribution in [1.29, 1.82) is 0 Å². The number of aryl methyl sites for hydroxylation is 1. The van der Waals surface area contributed by atoms with Gasteiger partial charge in [-0.1, -0.05) is 237 Å². The van der Waals surface area contributed by atoms with Crippen LogP contribution < -0.4 is 0 Å². The lowest BCUT2D eigenvalue weighted by Gasteiger charge is -2.37. The van der Waals surface area contributed by atoms with Gasteiger partial charge in [0, 0.05) is 39.3 Å². The first-order valence-corrected chi connectivity index (χ1v) is 23.7. The monoisotopic (exact) mass is 862 g/mol. The minimum absolute atomic E-state index is 0.191. The van der Waals surface area contributed by atoms with Gasteiger partial charge in [0.2, 0.25) is 0 Å². The summed E-state index contributed by atoms with van der Waals surface area (Å²) in [7, 11) is 0. The third-order valence-electron chi connectivity index (χ3n) is 14.5. The number of fused-ring (bicyclic) bond motifs is 6. The maximum atomic E-state index is 6.54. The molecular formula is C65H50O2. The normalized spacial score (nSPS) is 13.5. The van der Waals surface area contributed by atoms with Gasteiger partial charge < -0.3 is 8.83 Å². The molecule has 0 saturated carbocycles. The first-order chi connectivity index (χ1) is 33.1. The van der Waals surface area contributed by atoms with Gasteiger partial charge in [-0.25, -0.2) is 0 Å². The highest BCUT2D eigenvalue weighted by atomic mass is 16.3. The van der Waals surface area contributed by atoms with Crippen molar-refractivity contribution >= 4 is 39.0 Å². The van der Waals surface area contributed by atoms with Gasteiger partial charge in [0.05, 0.1) is 5.41 Å². The quantitative estimate of drug-likeness (QED) is 0.121. The number of rotatable bonds is 11. The zero-order valence-electron chi connectivity index (χ0n) is 37.6. The number of hydrogen-bond donors (Lipinski definition) is 0. The molecule has 0 spiro atoms. The van der Waals surface area contributed by atoms with Crippen molar-refractivity contribution in [2.24, 2.45) is 0 Å². The third kappa shape index (κ3) is 7.12. The number of hydrogen-bond acceptors (Lipinski definition) is 2. The standard InChI is InChI=1S/C65H50O2/c1-44(46-35-37-48(38-36-46)55-26-16-28-59-57-24-12-14-30-62(57)67-64(55)59)60(43-45-31-33-47(34-32-45)54-25-15-27-58-56-23-11-13-29-61(56)66-63(54)58)49-39-41-53(42-40-49)65(50-17-5-2-6-18-50,51-19-7-3-8-20-51)52-21-9-4-10-22-52/h2-12,14-28,30-42,44,60H,13,29,43H2,1H3. The Labute approximate surface area is 392 Å². The molecule has 2 heterocycles. The summed E-state index contributed by atoms with van der Waals surface area (Å²) in [5.74, 6) is 1.49. The first kappa shape index (κ1) is 40.6. The molecule has 0 bridgehead atoms. The van der Waals surface area contributed by atoms with E-state index in [4.69, 9.17) is 8.83 Å². The van der Waals surface area contributed by atoms with Crippen LogP contribution in [-0.4, -0.2) is 0 Å².